The lowest BCUT2D eigenvalue weighted by Crippen LogP contribution is -2.38. The van der Waals surface area contributed by atoms with Crippen molar-refractivity contribution in [2.75, 3.05) is 27.4 Å². The second-order valence-electron chi connectivity index (χ2n) is 7.78. The molecule has 3 aromatic rings. The van der Waals surface area contributed by atoms with Gasteiger partial charge < -0.3 is 14.8 Å². The van der Waals surface area contributed by atoms with Gasteiger partial charge in [-0.3, -0.25) is 14.2 Å². The van der Waals surface area contributed by atoms with E-state index in [2.05, 4.69) is 5.32 Å². The molecule has 0 atom stereocenters. The van der Waals surface area contributed by atoms with Crippen LogP contribution in [-0.4, -0.2) is 37.9 Å². The quantitative estimate of drug-likeness (QED) is 0.490. The van der Waals surface area contributed by atoms with Crippen molar-refractivity contribution in [3.05, 3.63) is 80.9 Å². The van der Waals surface area contributed by atoms with E-state index in [9.17, 15) is 27.2 Å². The van der Waals surface area contributed by atoms with Crippen molar-refractivity contribution < 1.29 is 31.8 Å². The van der Waals surface area contributed by atoms with Gasteiger partial charge in [0.15, 0.2) is 0 Å². The van der Waals surface area contributed by atoms with Gasteiger partial charge in [-0.25, -0.2) is 4.39 Å². The first-order valence-corrected chi connectivity index (χ1v) is 10.3. The molecule has 0 bridgehead atoms. The number of methoxy groups -OCH3 is 2. The van der Waals surface area contributed by atoms with E-state index in [1.807, 2.05) is 0 Å². The van der Waals surface area contributed by atoms with Gasteiger partial charge in [-0.2, -0.15) is 13.2 Å². The monoisotopic (exact) mass is 480 g/mol. The number of aromatic nitrogens is 1. The lowest BCUT2D eigenvalue weighted by atomic mass is 10.0. The van der Waals surface area contributed by atoms with Gasteiger partial charge >= 0.3 is 6.18 Å². The zero-order valence-corrected chi connectivity index (χ0v) is 18.8. The van der Waals surface area contributed by atoms with Crippen LogP contribution in [0.1, 0.15) is 33.1 Å². The first kappa shape index (κ1) is 25.4. The van der Waals surface area contributed by atoms with Crippen LogP contribution < -0.4 is 10.9 Å². The van der Waals surface area contributed by atoms with Gasteiger partial charge in [-0.15, -0.1) is 0 Å². The van der Waals surface area contributed by atoms with Gasteiger partial charge in [0.05, 0.1) is 30.3 Å². The number of benzene rings is 2. The normalized spacial score (nSPS) is 11.9. The van der Waals surface area contributed by atoms with E-state index in [1.165, 1.54) is 45.4 Å². The average Bonchev–Trinajstić information content (AvgIpc) is 2.77. The smallest absolute Gasteiger partial charge is 0.382 e. The molecule has 10 heteroatoms. The molecule has 1 amide bonds. The number of halogens is 4. The number of hydrogen-bond acceptors (Lipinski definition) is 4. The Balaban J connectivity index is 2.18. The Morgan fingerprint density at radius 2 is 1.76 bits per heavy atom. The molecule has 0 aliphatic carbocycles. The number of carbonyl (C=O) groups is 1. The lowest BCUT2D eigenvalue weighted by molar-refractivity contribution is -0.137. The molecule has 0 aliphatic heterocycles. The standard InChI is InChI=1S/C24H24F4N2O4/c1-14-19-8-7-16(24(26,27)28)10-20(19)30(18(12-33-2)13-34-3)23(32)21(14)22(31)29-11-15-5-4-6-17(25)9-15/h4-10,18H,11-13H2,1-3H3,(H,29,31). The Bertz CT molecular complexity index is 1250. The zero-order valence-electron chi connectivity index (χ0n) is 18.8. The highest BCUT2D eigenvalue weighted by Gasteiger charge is 2.32. The highest BCUT2D eigenvalue weighted by Crippen LogP contribution is 2.33. The second kappa shape index (κ2) is 10.4. The first-order chi connectivity index (χ1) is 16.1. The summed E-state index contributed by atoms with van der Waals surface area (Å²) in [7, 11) is 2.77. The van der Waals surface area contributed by atoms with Crippen molar-refractivity contribution in [2.24, 2.45) is 0 Å². The average molecular weight is 480 g/mol. The molecule has 0 aliphatic rings. The minimum atomic E-state index is -4.62. The number of fused-ring (bicyclic) bond motifs is 1. The molecule has 34 heavy (non-hydrogen) atoms. The minimum Gasteiger partial charge on any atom is -0.382 e. The summed E-state index contributed by atoms with van der Waals surface area (Å²) in [4.78, 5) is 26.6. The predicted octanol–water partition coefficient (Wildman–Crippen LogP) is 4.23. The topological polar surface area (TPSA) is 69.6 Å². The SMILES string of the molecule is COCC(COC)n1c(=O)c(C(=O)NCc2cccc(F)c2)c(C)c2ccc(C(F)(F)F)cc21. The highest BCUT2D eigenvalue weighted by atomic mass is 19.4. The van der Waals surface area contributed by atoms with Crippen molar-refractivity contribution in [3.63, 3.8) is 0 Å². The molecule has 6 nitrogen and oxygen atoms in total. The number of rotatable bonds is 8. The maximum Gasteiger partial charge on any atom is 0.416 e. The molecule has 1 N–H and O–H groups in total. The first-order valence-electron chi connectivity index (χ1n) is 10.3. The summed E-state index contributed by atoms with van der Waals surface area (Å²) in [6.07, 6.45) is -4.62. The summed E-state index contributed by atoms with van der Waals surface area (Å²) < 4.78 is 65.1. The fraction of sp³-hybridized carbons (Fsp3) is 0.333. The number of amides is 1. The Labute approximate surface area is 193 Å². The summed E-state index contributed by atoms with van der Waals surface area (Å²) >= 11 is 0. The van der Waals surface area contributed by atoms with Crippen LogP contribution in [-0.2, 0) is 22.2 Å². The molecule has 0 saturated carbocycles. The van der Waals surface area contributed by atoms with Gasteiger partial charge in [-0.1, -0.05) is 18.2 Å². The van der Waals surface area contributed by atoms with Gasteiger partial charge in [-0.05, 0) is 42.3 Å². The highest BCUT2D eigenvalue weighted by molar-refractivity contribution is 6.00. The lowest BCUT2D eigenvalue weighted by Gasteiger charge is -2.24. The molecule has 0 fully saturated rings. The van der Waals surface area contributed by atoms with Crippen molar-refractivity contribution in [2.45, 2.75) is 25.7 Å². The molecule has 182 valence electrons. The number of hydrogen-bond donors (Lipinski definition) is 1. The summed E-state index contributed by atoms with van der Waals surface area (Å²) in [5, 5.41) is 2.90. The molecule has 2 aromatic carbocycles. The Hall–Kier alpha value is -3.24. The van der Waals surface area contributed by atoms with Gasteiger partial charge in [0.2, 0.25) is 0 Å². The third kappa shape index (κ3) is 5.28. The Kier molecular flexibility index (Phi) is 7.73. The molecule has 0 unspecified atom stereocenters. The fourth-order valence-electron chi connectivity index (χ4n) is 3.88. The van der Waals surface area contributed by atoms with Crippen molar-refractivity contribution >= 4 is 16.8 Å². The van der Waals surface area contributed by atoms with Gasteiger partial charge in [0, 0.05) is 26.2 Å². The van der Waals surface area contributed by atoms with Crippen LogP contribution in [0.15, 0.2) is 47.3 Å². The van der Waals surface area contributed by atoms with Crippen molar-refractivity contribution in [3.8, 4) is 0 Å². The van der Waals surface area contributed by atoms with Crippen molar-refractivity contribution in [1.82, 2.24) is 9.88 Å². The molecule has 0 saturated heterocycles. The minimum absolute atomic E-state index is 0.0121. The molecule has 0 spiro atoms. The van der Waals surface area contributed by atoms with Crippen LogP contribution in [0, 0.1) is 12.7 Å². The van der Waals surface area contributed by atoms with Crippen LogP contribution in [0.25, 0.3) is 10.9 Å². The third-order valence-electron chi connectivity index (χ3n) is 5.45. The largest absolute Gasteiger partial charge is 0.416 e. The molecular formula is C24H24F4N2O4. The summed E-state index contributed by atoms with van der Waals surface area (Å²) in [5.74, 6) is -1.20. The van der Waals surface area contributed by atoms with Crippen molar-refractivity contribution in [1.29, 1.82) is 0 Å². The van der Waals surface area contributed by atoms with E-state index in [-0.39, 0.29) is 36.4 Å². The summed E-state index contributed by atoms with van der Waals surface area (Å²) in [5.41, 5.74) is -1.20. The summed E-state index contributed by atoms with van der Waals surface area (Å²) in [6, 6.07) is 7.85. The van der Waals surface area contributed by atoms with Crippen LogP contribution in [0.3, 0.4) is 0 Å². The van der Waals surface area contributed by atoms with E-state index in [0.717, 1.165) is 16.7 Å². The molecule has 1 heterocycles. The summed E-state index contributed by atoms with van der Waals surface area (Å²) in [6.45, 7) is 1.39. The Morgan fingerprint density at radius 3 is 2.35 bits per heavy atom. The van der Waals surface area contributed by atoms with Crippen LogP contribution in [0.5, 0.6) is 0 Å². The number of aryl methyl sites for hydroxylation is 1. The molecule has 1 aromatic heterocycles. The number of ether oxygens (including phenoxy) is 2. The third-order valence-corrected chi connectivity index (χ3v) is 5.45. The van der Waals surface area contributed by atoms with E-state index < -0.39 is 35.1 Å². The number of pyridine rings is 1. The zero-order chi connectivity index (χ0) is 25.0. The van der Waals surface area contributed by atoms with Crippen LogP contribution in [0.2, 0.25) is 0 Å². The Morgan fingerprint density at radius 1 is 1.09 bits per heavy atom. The molecule has 3 rings (SSSR count). The van der Waals surface area contributed by atoms with E-state index in [0.29, 0.717) is 10.9 Å². The van der Waals surface area contributed by atoms with E-state index in [4.69, 9.17) is 9.47 Å². The maximum absolute atomic E-state index is 13.5. The van der Waals surface area contributed by atoms with E-state index >= 15 is 0 Å². The molecular weight excluding hydrogens is 456 g/mol. The second-order valence-corrected chi connectivity index (χ2v) is 7.78. The van der Waals surface area contributed by atoms with Crippen LogP contribution >= 0.6 is 0 Å². The maximum atomic E-state index is 13.5. The predicted molar refractivity (Wildman–Crippen MR) is 118 cm³/mol. The van der Waals surface area contributed by atoms with E-state index in [1.54, 1.807) is 6.07 Å². The number of nitrogens with one attached hydrogen (secondary N) is 1. The molecule has 0 radical (unpaired) electrons. The van der Waals surface area contributed by atoms with Crippen LogP contribution in [0.4, 0.5) is 17.6 Å². The van der Waals surface area contributed by atoms with Gasteiger partial charge in [0.25, 0.3) is 11.5 Å². The fourth-order valence-corrected chi connectivity index (χ4v) is 3.88. The number of carbonyl (C=O) groups excluding carboxylic acids is 1. The number of alkyl halides is 3. The number of nitrogens with zero attached hydrogens (tertiary/aromatic N) is 1. The van der Waals surface area contributed by atoms with Gasteiger partial charge in [0.1, 0.15) is 11.4 Å².